The van der Waals surface area contributed by atoms with Crippen LogP contribution in [0.2, 0.25) is 0 Å². The van der Waals surface area contributed by atoms with Crippen molar-refractivity contribution >= 4 is 5.91 Å². The van der Waals surface area contributed by atoms with Crippen molar-refractivity contribution in [2.75, 3.05) is 6.54 Å². The van der Waals surface area contributed by atoms with Crippen molar-refractivity contribution in [3.05, 3.63) is 29.3 Å². The van der Waals surface area contributed by atoms with Gasteiger partial charge in [0, 0.05) is 31.2 Å². The maximum Gasteiger partial charge on any atom is 0.221 e. The maximum atomic E-state index is 12.0. The van der Waals surface area contributed by atoms with E-state index in [2.05, 4.69) is 48.2 Å². The highest BCUT2D eigenvalue weighted by molar-refractivity contribution is 5.78. The van der Waals surface area contributed by atoms with Crippen LogP contribution in [0.1, 0.15) is 37.3 Å². The summed E-state index contributed by atoms with van der Waals surface area (Å²) in [5.74, 6) is 1.68. The molecule has 1 aromatic carbocycles. The molecule has 0 bridgehead atoms. The second-order valence-electron chi connectivity index (χ2n) is 6.92. The molecule has 0 radical (unpaired) electrons. The summed E-state index contributed by atoms with van der Waals surface area (Å²) in [4.78, 5) is 12.0. The Morgan fingerprint density at radius 2 is 2.19 bits per heavy atom. The summed E-state index contributed by atoms with van der Waals surface area (Å²) in [7, 11) is 0. The van der Waals surface area contributed by atoms with E-state index >= 15 is 0 Å². The molecule has 2 saturated heterocycles. The fourth-order valence-electron chi connectivity index (χ4n) is 3.88. The van der Waals surface area contributed by atoms with Crippen LogP contribution in [-0.4, -0.2) is 24.2 Å². The highest BCUT2D eigenvalue weighted by Crippen LogP contribution is 2.45. The van der Waals surface area contributed by atoms with Gasteiger partial charge < -0.3 is 10.1 Å². The van der Waals surface area contributed by atoms with Gasteiger partial charge in [0.25, 0.3) is 0 Å². The second-order valence-corrected chi connectivity index (χ2v) is 6.92. The summed E-state index contributed by atoms with van der Waals surface area (Å²) in [5, 5.41) is 3.01. The molecule has 3 N–H and O–H groups in total. The third kappa shape index (κ3) is 2.12. The molecular weight excluding hydrogens is 266 g/mol. The van der Waals surface area contributed by atoms with Crippen molar-refractivity contribution in [2.24, 2.45) is 5.92 Å². The Morgan fingerprint density at radius 1 is 1.33 bits per heavy atom. The van der Waals surface area contributed by atoms with E-state index in [0.717, 1.165) is 18.7 Å². The number of para-hydroxylation sites is 1. The number of benzene rings is 1. The van der Waals surface area contributed by atoms with Gasteiger partial charge in [-0.25, -0.2) is 5.43 Å². The van der Waals surface area contributed by atoms with Crippen LogP contribution >= 0.6 is 0 Å². The average Bonchev–Trinajstić information content (AvgIpc) is 2.98. The molecule has 21 heavy (non-hydrogen) atoms. The van der Waals surface area contributed by atoms with Crippen molar-refractivity contribution in [1.29, 1.82) is 0 Å². The largest absolute Gasteiger partial charge is 0.487 e. The minimum absolute atomic E-state index is 0.0153. The van der Waals surface area contributed by atoms with Gasteiger partial charge in [-0.3, -0.25) is 10.2 Å². The number of fused-ring (bicyclic) bond motifs is 2. The molecule has 3 heterocycles. The monoisotopic (exact) mass is 287 g/mol. The lowest BCUT2D eigenvalue weighted by Crippen LogP contribution is -2.52. The maximum absolute atomic E-state index is 12.0. The van der Waals surface area contributed by atoms with Gasteiger partial charge in [0.2, 0.25) is 5.91 Å². The topological polar surface area (TPSA) is 62.4 Å². The van der Waals surface area contributed by atoms with Gasteiger partial charge >= 0.3 is 0 Å². The number of hydrogen-bond acceptors (Lipinski definition) is 4. The molecule has 5 nitrogen and oxygen atoms in total. The fraction of sp³-hybridized carbons (Fsp3) is 0.562. The summed E-state index contributed by atoms with van der Waals surface area (Å²) in [6.07, 6.45) is 1.48. The molecule has 1 amide bonds. The third-order valence-electron chi connectivity index (χ3n) is 4.78. The van der Waals surface area contributed by atoms with Gasteiger partial charge in [-0.05, 0) is 25.0 Å². The Labute approximate surface area is 124 Å². The molecule has 3 atom stereocenters. The van der Waals surface area contributed by atoms with Crippen LogP contribution in [0, 0.1) is 5.92 Å². The first-order valence-corrected chi connectivity index (χ1v) is 7.62. The zero-order chi connectivity index (χ0) is 14.6. The SMILES string of the molecule is CC1(C)Cc2cccc(C3CC(=O)NC4NNCC43)c2O1. The van der Waals surface area contributed by atoms with Crippen LogP contribution in [0.25, 0.3) is 0 Å². The number of rotatable bonds is 1. The molecule has 4 rings (SSSR count). The third-order valence-corrected chi connectivity index (χ3v) is 4.78. The number of ether oxygens (including phenoxy) is 1. The second kappa shape index (κ2) is 4.45. The molecule has 112 valence electrons. The molecule has 2 fully saturated rings. The van der Waals surface area contributed by atoms with E-state index < -0.39 is 0 Å². The molecule has 3 aliphatic rings. The van der Waals surface area contributed by atoms with Gasteiger partial charge in [-0.2, -0.15) is 0 Å². The molecule has 0 aliphatic carbocycles. The molecule has 1 aromatic rings. The first-order valence-electron chi connectivity index (χ1n) is 7.62. The Bertz CT molecular complexity index is 599. The highest BCUT2D eigenvalue weighted by atomic mass is 16.5. The lowest BCUT2D eigenvalue weighted by atomic mass is 9.79. The quantitative estimate of drug-likeness (QED) is 0.722. The molecule has 0 saturated carbocycles. The van der Waals surface area contributed by atoms with Crippen LogP contribution in [0.4, 0.5) is 0 Å². The number of hydrogen-bond donors (Lipinski definition) is 3. The fourth-order valence-corrected chi connectivity index (χ4v) is 3.88. The van der Waals surface area contributed by atoms with Crippen LogP contribution in [0.3, 0.4) is 0 Å². The van der Waals surface area contributed by atoms with Crippen molar-refractivity contribution in [3.63, 3.8) is 0 Å². The minimum Gasteiger partial charge on any atom is -0.487 e. The summed E-state index contributed by atoms with van der Waals surface area (Å²) < 4.78 is 6.19. The first-order chi connectivity index (χ1) is 10.0. The summed E-state index contributed by atoms with van der Waals surface area (Å²) in [5.41, 5.74) is 8.61. The van der Waals surface area contributed by atoms with Crippen LogP contribution in [0.5, 0.6) is 5.75 Å². The first kappa shape index (κ1) is 13.1. The number of amides is 1. The predicted octanol–water partition coefficient (Wildman–Crippen LogP) is 1.05. The number of piperidine rings is 1. The molecule has 0 aromatic heterocycles. The van der Waals surface area contributed by atoms with E-state index in [1.54, 1.807) is 0 Å². The Hall–Kier alpha value is -1.59. The normalized spacial score (nSPS) is 33.0. The summed E-state index contributed by atoms with van der Waals surface area (Å²) in [6.45, 7) is 5.10. The van der Waals surface area contributed by atoms with Crippen molar-refractivity contribution < 1.29 is 9.53 Å². The predicted molar refractivity (Wildman–Crippen MR) is 78.8 cm³/mol. The van der Waals surface area contributed by atoms with E-state index in [1.807, 2.05) is 0 Å². The number of carbonyl (C=O) groups excluding carboxylic acids is 1. The lowest BCUT2D eigenvalue weighted by Gasteiger charge is -2.34. The molecule has 3 aliphatic heterocycles. The van der Waals surface area contributed by atoms with E-state index in [0.29, 0.717) is 12.3 Å². The van der Waals surface area contributed by atoms with Gasteiger partial charge in [0.1, 0.15) is 11.4 Å². The Balaban J connectivity index is 1.74. The van der Waals surface area contributed by atoms with Crippen LogP contribution < -0.4 is 20.9 Å². The molecule has 0 spiro atoms. The average molecular weight is 287 g/mol. The number of hydrazine groups is 1. The summed E-state index contributed by atoms with van der Waals surface area (Å²) in [6, 6.07) is 6.36. The zero-order valence-electron chi connectivity index (χ0n) is 12.4. The van der Waals surface area contributed by atoms with Crippen molar-refractivity contribution in [1.82, 2.24) is 16.2 Å². The van der Waals surface area contributed by atoms with Gasteiger partial charge in [-0.1, -0.05) is 18.2 Å². The standard InChI is InChI=1S/C16H21N3O2/c1-16(2)7-9-4-3-5-10(14(9)21-16)11-6-13(20)18-15-12(11)8-17-19-15/h3-5,11-12,15,17,19H,6-8H2,1-2H3,(H,18,20). The molecule has 3 unspecified atom stereocenters. The van der Waals surface area contributed by atoms with E-state index in [1.165, 1.54) is 11.1 Å². The Morgan fingerprint density at radius 3 is 3.05 bits per heavy atom. The summed E-state index contributed by atoms with van der Waals surface area (Å²) >= 11 is 0. The van der Waals surface area contributed by atoms with Gasteiger partial charge in [-0.15, -0.1) is 0 Å². The van der Waals surface area contributed by atoms with Gasteiger partial charge in [0.15, 0.2) is 0 Å². The molecular formula is C16H21N3O2. The zero-order valence-corrected chi connectivity index (χ0v) is 12.4. The lowest BCUT2D eigenvalue weighted by molar-refractivity contribution is -0.124. The smallest absolute Gasteiger partial charge is 0.221 e. The van der Waals surface area contributed by atoms with Gasteiger partial charge in [0.05, 0.1) is 6.17 Å². The van der Waals surface area contributed by atoms with Crippen LogP contribution in [-0.2, 0) is 11.2 Å². The van der Waals surface area contributed by atoms with E-state index in [4.69, 9.17) is 4.74 Å². The minimum atomic E-state index is -0.152. The van der Waals surface area contributed by atoms with E-state index in [9.17, 15) is 4.79 Å². The van der Waals surface area contributed by atoms with E-state index in [-0.39, 0.29) is 23.6 Å². The van der Waals surface area contributed by atoms with Crippen molar-refractivity contribution in [2.45, 2.75) is 44.4 Å². The van der Waals surface area contributed by atoms with Crippen LogP contribution in [0.15, 0.2) is 18.2 Å². The Kier molecular flexibility index (Phi) is 2.78. The van der Waals surface area contributed by atoms with Crippen molar-refractivity contribution in [3.8, 4) is 5.75 Å². The number of carbonyl (C=O) groups is 1. The molecule has 5 heteroatoms. The number of nitrogens with one attached hydrogen (secondary N) is 3. The highest BCUT2D eigenvalue weighted by Gasteiger charge is 2.43.